The molecule has 104 valence electrons. The number of halogens is 1. The van der Waals surface area contributed by atoms with Gasteiger partial charge in [0.15, 0.2) is 0 Å². The molecule has 0 amide bonds. The van der Waals surface area contributed by atoms with E-state index in [1.54, 1.807) is 12.1 Å². The van der Waals surface area contributed by atoms with Crippen molar-refractivity contribution < 1.29 is 14.4 Å². The van der Waals surface area contributed by atoms with Crippen LogP contribution >= 0.6 is 0 Å². The molecule has 1 fully saturated rings. The van der Waals surface area contributed by atoms with E-state index in [-0.39, 0.29) is 5.46 Å². The maximum Gasteiger partial charge on any atom is 0.491 e. The van der Waals surface area contributed by atoms with Gasteiger partial charge in [0.05, 0.1) is 0 Å². The first kappa shape index (κ1) is 14.5. The van der Waals surface area contributed by atoms with Crippen molar-refractivity contribution in [3.8, 4) is 0 Å². The first-order valence-corrected chi connectivity index (χ1v) is 6.92. The molecule has 19 heavy (non-hydrogen) atoms. The van der Waals surface area contributed by atoms with Crippen molar-refractivity contribution in [2.24, 2.45) is 0 Å². The van der Waals surface area contributed by atoms with Crippen LogP contribution in [0, 0.1) is 5.82 Å². The summed E-state index contributed by atoms with van der Waals surface area (Å²) in [6, 6.07) is 5.14. The SMILES string of the molecule is CN(Cc1ccc(F)c(B(O)O)c1)C1CCCCC1. The van der Waals surface area contributed by atoms with Crippen LogP contribution in [0.25, 0.3) is 0 Å². The van der Waals surface area contributed by atoms with E-state index in [2.05, 4.69) is 11.9 Å². The molecule has 1 saturated carbocycles. The summed E-state index contributed by atoms with van der Waals surface area (Å²) in [7, 11) is 0.328. The largest absolute Gasteiger partial charge is 0.491 e. The second-order valence-corrected chi connectivity index (χ2v) is 5.44. The van der Waals surface area contributed by atoms with Crippen molar-refractivity contribution in [3.05, 3.63) is 29.6 Å². The summed E-state index contributed by atoms with van der Waals surface area (Å²) in [6.07, 6.45) is 6.31. The third-order valence-corrected chi connectivity index (χ3v) is 3.97. The molecule has 2 N–H and O–H groups in total. The first-order valence-electron chi connectivity index (χ1n) is 6.92. The lowest BCUT2D eigenvalue weighted by Crippen LogP contribution is -2.35. The van der Waals surface area contributed by atoms with Crippen molar-refractivity contribution in [2.45, 2.75) is 44.7 Å². The molecule has 1 aliphatic carbocycles. The summed E-state index contributed by atoms with van der Waals surface area (Å²) in [4.78, 5) is 2.28. The molecule has 3 nitrogen and oxygen atoms in total. The molecular formula is C14H21BFNO2. The fourth-order valence-electron chi connectivity index (χ4n) is 2.83. The Morgan fingerprint density at radius 2 is 1.95 bits per heavy atom. The maximum atomic E-state index is 13.4. The molecule has 0 unspecified atom stereocenters. The van der Waals surface area contributed by atoms with Gasteiger partial charge in [0.25, 0.3) is 0 Å². The quantitative estimate of drug-likeness (QED) is 0.806. The molecule has 1 aromatic rings. The summed E-state index contributed by atoms with van der Waals surface area (Å²) < 4.78 is 13.4. The third-order valence-electron chi connectivity index (χ3n) is 3.97. The lowest BCUT2D eigenvalue weighted by atomic mass is 9.79. The van der Waals surface area contributed by atoms with Crippen LogP contribution in [-0.4, -0.2) is 35.2 Å². The minimum atomic E-state index is -1.75. The highest BCUT2D eigenvalue weighted by Crippen LogP contribution is 2.22. The Morgan fingerprint density at radius 1 is 1.26 bits per heavy atom. The van der Waals surface area contributed by atoms with E-state index in [1.807, 2.05) is 0 Å². The van der Waals surface area contributed by atoms with E-state index >= 15 is 0 Å². The minimum Gasteiger partial charge on any atom is -0.423 e. The Bertz CT molecular complexity index is 422. The molecule has 1 aliphatic rings. The molecule has 2 rings (SSSR count). The fraction of sp³-hybridized carbons (Fsp3) is 0.571. The zero-order chi connectivity index (χ0) is 13.8. The second-order valence-electron chi connectivity index (χ2n) is 5.44. The Labute approximate surface area is 114 Å². The van der Waals surface area contributed by atoms with Crippen LogP contribution in [-0.2, 0) is 6.54 Å². The van der Waals surface area contributed by atoms with Crippen LogP contribution in [0.3, 0.4) is 0 Å². The molecule has 0 heterocycles. The molecular weight excluding hydrogens is 244 g/mol. The van der Waals surface area contributed by atoms with E-state index in [9.17, 15) is 4.39 Å². The maximum absolute atomic E-state index is 13.4. The van der Waals surface area contributed by atoms with Gasteiger partial charge in [0, 0.05) is 18.0 Å². The van der Waals surface area contributed by atoms with Crippen LogP contribution in [0.4, 0.5) is 4.39 Å². The standard InChI is InChI=1S/C14H21BFNO2/c1-17(12-5-3-2-4-6-12)10-11-7-8-14(16)13(9-11)15(18)19/h7-9,12,18-19H,2-6,10H2,1H3. The summed E-state index contributed by atoms with van der Waals surface area (Å²) in [5.74, 6) is -0.570. The smallest absolute Gasteiger partial charge is 0.423 e. The molecule has 1 aromatic carbocycles. The number of rotatable bonds is 4. The van der Waals surface area contributed by atoms with Gasteiger partial charge in [-0.2, -0.15) is 0 Å². The van der Waals surface area contributed by atoms with E-state index in [4.69, 9.17) is 10.0 Å². The molecule has 0 saturated heterocycles. The van der Waals surface area contributed by atoms with Crippen molar-refractivity contribution >= 4 is 12.6 Å². The number of hydrogen-bond donors (Lipinski definition) is 2. The Morgan fingerprint density at radius 3 is 2.58 bits per heavy atom. The van der Waals surface area contributed by atoms with Crippen LogP contribution in [0.1, 0.15) is 37.7 Å². The van der Waals surface area contributed by atoms with Gasteiger partial charge >= 0.3 is 7.12 Å². The highest BCUT2D eigenvalue weighted by Gasteiger charge is 2.20. The van der Waals surface area contributed by atoms with Crippen molar-refractivity contribution in [2.75, 3.05) is 7.05 Å². The highest BCUT2D eigenvalue weighted by atomic mass is 19.1. The van der Waals surface area contributed by atoms with E-state index in [0.717, 1.165) is 5.56 Å². The van der Waals surface area contributed by atoms with Gasteiger partial charge in [-0.05, 0) is 31.5 Å². The number of hydrogen-bond acceptors (Lipinski definition) is 3. The number of benzene rings is 1. The van der Waals surface area contributed by atoms with Crippen LogP contribution in [0.15, 0.2) is 18.2 Å². The number of nitrogens with zero attached hydrogens (tertiary/aromatic N) is 1. The van der Waals surface area contributed by atoms with Gasteiger partial charge in [-0.15, -0.1) is 0 Å². The van der Waals surface area contributed by atoms with Crippen molar-refractivity contribution in [1.29, 1.82) is 0 Å². The summed E-state index contributed by atoms with van der Waals surface area (Å²) >= 11 is 0. The van der Waals surface area contributed by atoms with E-state index < -0.39 is 12.9 Å². The Kier molecular flexibility index (Phi) is 4.96. The highest BCUT2D eigenvalue weighted by molar-refractivity contribution is 6.58. The minimum absolute atomic E-state index is 0.0467. The predicted molar refractivity (Wildman–Crippen MR) is 74.6 cm³/mol. The molecule has 5 heteroatoms. The van der Waals surface area contributed by atoms with Gasteiger partial charge in [0.2, 0.25) is 0 Å². The lowest BCUT2D eigenvalue weighted by molar-refractivity contribution is 0.184. The van der Waals surface area contributed by atoms with Gasteiger partial charge in [-0.3, -0.25) is 4.90 Å². The fourth-order valence-corrected chi connectivity index (χ4v) is 2.83. The average molecular weight is 265 g/mol. The zero-order valence-corrected chi connectivity index (χ0v) is 11.3. The van der Waals surface area contributed by atoms with Gasteiger partial charge < -0.3 is 10.0 Å². The average Bonchev–Trinajstić information content (AvgIpc) is 2.41. The Hall–Kier alpha value is -0.905. The van der Waals surface area contributed by atoms with Crippen molar-refractivity contribution in [3.63, 3.8) is 0 Å². The molecule has 0 aromatic heterocycles. The summed E-state index contributed by atoms with van der Waals surface area (Å²) in [5, 5.41) is 18.2. The van der Waals surface area contributed by atoms with Gasteiger partial charge in [-0.1, -0.05) is 31.4 Å². The van der Waals surface area contributed by atoms with Crippen molar-refractivity contribution in [1.82, 2.24) is 4.90 Å². The zero-order valence-electron chi connectivity index (χ0n) is 11.3. The lowest BCUT2D eigenvalue weighted by Gasteiger charge is -2.31. The monoisotopic (exact) mass is 265 g/mol. The normalized spacial score (nSPS) is 16.9. The molecule has 0 atom stereocenters. The van der Waals surface area contributed by atoms with Gasteiger partial charge in [0.1, 0.15) is 5.82 Å². The molecule has 0 spiro atoms. The molecule has 0 bridgehead atoms. The van der Waals surface area contributed by atoms with Crippen LogP contribution in [0.2, 0.25) is 0 Å². The van der Waals surface area contributed by atoms with E-state index in [1.165, 1.54) is 38.2 Å². The second kappa shape index (κ2) is 6.50. The predicted octanol–water partition coefficient (Wildman–Crippen LogP) is 1.27. The summed E-state index contributed by atoms with van der Waals surface area (Å²) in [6.45, 7) is 0.713. The van der Waals surface area contributed by atoms with E-state index in [0.29, 0.717) is 12.6 Å². The third kappa shape index (κ3) is 3.78. The first-order chi connectivity index (χ1) is 9.08. The molecule has 0 aliphatic heterocycles. The summed E-state index contributed by atoms with van der Waals surface area (Å²) in [5.41, 5.74) is 0.868. The topological polar surface area (TPSA) is 43.7 Å². The van der Waals surface area contributed by atoms with Crippen LogP contribution < -0.4 is 5.46 Å². The Balaban J connectivity index is 2.03. The van der Waals surface area contributed by atoms with Gasteiger partial charge in [-0.25, -0.2) is 4.39 Å². The van der Waals surface area contributed by atoms with Crippen LogP contribution in [0.5, 0.6) is 0 Å². The molecule has 0 radical (unpaired) electrons.